The number of hydrogen-bond donors (Lipinski definition) is 2. The molecule has 0 radical (unpaired) electrons. The zero-order valence-corrected chi connectivity index (χ0v) is 14.3. The Morgan fingerprint density at radius 3 is 2.96 bits per heavy atom. The number of likely N-dealkylation sites (tertiary alicyclic amines) is 1. The van der Waals surface area contributed by atoms with Gasteiger partial charge in [0.25, 0.3) is 0 Å². The van der Waals surface area contributed by atoms with Crippen LogP contribution in [0.2, 0.25) is 0 Å². The summed E-state index contributed by atoms with van der Waals surface area (Å²) in [6.07, 6.45) is 2.11. The van der Waals surface area contributed by atoms with Gasteiger partial charge in [0.05, 0.1) is 12.7 Å². The number of carbonyl (C=O) groups excluding carboxylic acids is 1. The van der Waals surface area contributed by atoms with Gasteiger partial charge in [-0.1, -0.05) is 12.1 Å². The van der Waals surface area contributed by atoms with Crippen molar-refractivity contribution < 1.29 is 14.6 Å². The number of urea groups is 1. The fourth-order valence-corrected chi connectivity index (χ4v) is 2.82. The van der Waals surface area contributed by atoms with Crippen LogP contribution in [-0.2, 0) is 11.3 Å². The molecule has 0 aliphatic carbocycles. The topological polar surface area (TPSA) is 61.8 Å². The van der Waals surface area contributed by atoms with Crippen LogP contribution in [0.3, 0.4) is 0 Å². The molecule has 23 heavy (non-hydrogen) atoms. The number of anilines is 1. The normalized spacial score (nSPS) is 18.3. The molecule has 1 aromatic carbocycles. The van der Waals surface area contributed by atoms with E-state index in [-0.39, 0.29) is 24.7 Å². The van der Waals surface area contributed by atoms with E-state index >= 15 is 0 Å². The lowest BCUT2D eigenvalue weighted by Gasteiger charge is -2.32. The van der Waals surface area contributed by atoms with Crippen LogP contribution in [0.1, 0.15) is 37.8 Å². The standard InChI is InChI=1S/C18H28N2O3/c1-13(2)23-12-16-7-4-8-17(14(16)3)19-18(22)20-9-5-6-15(10-20)11-21/h4,7-8,13,15,21H,5-6,9-12H2,1-3H3,(H,19,22). The SMILES string of the molecule is Cc1c(COC(C)C)cccc1NC(=O)N1CCCC(CO)C1. The quantitative estimate of drug-likeness (QED) is 0.876. The molecule has 1 unspecified atom stereocenters. The highest BCUT2D eigenvalue weighted by molar-refractivity contribution is 5.90. The highest BCUT2D eigenvalue weighted by Crippen LogP contribution is 2.22. The maximum absolute atomic E-state index is 12.5. The summed E-state index contributed by atoms with van der Waals surface area (Å²) >= 11 is 0. The Balaban J connectivity index is 2.01. The third-order valence-corrected chi connectivity index (χ3v) is 4.32. The van der Waals surface area contributed by atoms with Gasteiger partial charge in [-0.2, -0.15) is 0 Å². The van der Waals surface area contributed by atoms with E-state index in [1.807, 2.05) is 39.0 Å². The molecule has 5 nitrogen and oxygen atoms in total. The summed E-state index contributed by atoms with van der Waals surface area (Å²) < 4.78 is 5.66. The predicted molar refractivity (Wildman–Crippen MR) is 91.5 cm³/mol. The minimum Gasteiger partial charge on any atom is -0.396 e. The summed E-state index contributed by atoms with van der Waals surface area (Å²) in [5, 5.41) is 12.3. The van der Waals surface area contributed by atoms with E-state index < -0.39 is 0 Å². The number of ether oxygens (including phenoxy) is 1. The Kier molecular flexibility index (Phi) is 6.42. The molecule has 2 rings (SSSR count). The molecule has 5 heteroatoms. The molecule has 1 atom stereocenters. The van der Waals surface area contributed by atoms with Gasteiger partial charge in [0.2, 0.25) is 0 Å². The molecule has 1 fully saturated rings. The molecule has 0 aromatic heterocycles. The number of benzene rings is 1. The monoisotopic (exact) mass is 320 g/mol. The third-order valence-electron chi connectivity index (χ3n) is 4.32. The molecule has 0 saturated carbocycles. The lowest BCUT2D eigenvalue weighted by atomic mass is 9.99. The maximum atomic E-state index is 12.5. The van der Waals surface area contributed by atoms with Crippen LogP contribution in [0, 0.1) is 12.8 Å². The van der Waals surface area contributed by atoms with E-state index in [0.717, 1.165) is 36.2 Å². The van der Waals surface area contributed by atoms with E-state index in [1.54, 1.807) is 4.90 Å². The highest BCUT2D eigenvalue weighted by Gasteiger charge is 2.23. The number of hydrogen-bond acceptors (Lipinski definition) is 3. The molecular weight excluding hydrogens is 292 g/mol. The van der Waals surface area contributed by atoms with Crippen LogP contribution >= 0.6 is 0 Å². The number of piperidine rings is 1. The van der Waals surface area contributed by atoms with Gasteiger partial charge < -0.3 is 20.1 Å². The molecule has 1 aliphatic rings. The highest BCUT2D eigenvalue weighted by atomic mass is 16.5. The second-order valence-electron chi connectivity index (χ2n) is 6.52. The number of aliphatic hydroxyl groups is 1. The number of amides is 2. The maximum Gasteiger partial charge on any atom is 0.321 e. The van der Waals surface area contributed by atoms with Crippen molar-refractivity contribution in [1.29, 1.82) is 0 Å². The molecule has 1 aliphatic heterocycles. The summed E-state index contributed by atoms with van der Waals surface area (Å²) in [6.45, 7) is 8.08. The van der Waals surface area contributed by atoms with Crippen LogP contribution in [0.4, 0.5) is 10.5 Å². The molecule has 0 bridgehead atoms. The van der Waals surface area contributed by atoms with E-state index in [1.165, 1.54) is 0 Å². The van der Waals surface area contributed by atoms with Crippen molar-refractivity contribution in [2.45, 2.75) is 46.3 Å². The second-order valence-corrected chi connectivity index (χ2v) is 6.52. The van der Waals surface area contributed by atoms with Gasteiger partial charge in [0.15, 0.2) is 0 Å². The number of carbonyl (C=O) groups is 1. The Morgan fingerprint density at radius 2 is 2.26 bits per heavy atom. The Morgan fingerprint density at radius 1 is 1.48 bits per heavy atom. The fraction of sp³-hybridized carbons (Fsp3) is 0.611. The van der Waals surface area contributed by atoms with Crippen LogP contribution < -0.4 is 5.32 Å². The van der Waals surface area contributed by atoms with E-state index in [2.05, 4.69) is 5.32 Å². The molecular formula is C18H28N2O3. The van der Waals surface area contributed by atoms with Crippen molar-refractivity contribution in [1.82, 2.24) is 4.90 Å². The van der Waals surface area contributed by atoms with Gasteiger partial charge in [-0.25, -0.2) is 4.79 Å². The summed E-state index contributed by atoms with van der Waals surface area (Å²) in [7, 11) is 0. The van der Waals surface area contributed by atoms with Crippen molar-refractivity contribution >= 4 is 11.7 Å². The average Bonchev–Trinajstić information content (AvgIpc) is 2.55. The zero-order chi connectivity index (χ0) is 16.8. The van der Waals surface area contributed by atoms with Crippen LogP contribution in [0.5, 0.6) is 0 Å². The van der Waals surface area contributed by atoms with E-state index in [4.69, 9.17) is 4.74 Å². The Hall–Kier alpha value is -1.59. The third kappa shape index (κ3) is 4.94. The summed E-state index contributed by atoms with van der Waals surface area (Å²) in [5.41, 5.74) is 2.95. The number of aliphatic hydroxyl groups excluding tert-OH is 1. The van der Waals surface area contributed by atoms with E-state index in [9.17, 15) is 9.90 Å². The molecule has 1 saturated heterocycles. The summed E-state index contributed by atoms with van der Waals surface area (Å²) in [6, 6.07) is 5.79. The van der Waals surface area contributed by atoms with Crippen molar-refractivity contribution in [3.05, 3.63) is 29.3 Å². The minimum atomic E-state index is -0.0897. The predicted octanol–water partition coefficient (Wildman–Crippen LogP) is 3.16. The van der Waals surface area contributed by atoms with E-state index in [0.29, 0.717) is 13.2 Å². The fourth-order valence-electron chi connectivity index (χ4n) is 2.82. The average molecular weight is 320 g/mol. The van der Waals surface area contributed by atoms with Gasteiger partial charge >= 0.3 is 6.03 Å². The van der Waals surface area contributed by atoms with Crippen molar-refractivity contribution in [3.8, 4) is 0 Å². The Labute approximate surface area is 138 Å². The van der Waals surface area contributed by atoms with Crippen molar-refractivity contribution in [2.75, 3.05) is 25.0 Å². The van der Waals surface area contributed by atoms with Crippen LogP contribution in [0.15, 0.2) is 18.2 Å². The summed E-state index contributed by atoms with van der Waals surface area (Å²) in [5.74, 6) is 0.196. The Bertz CT molecular complexity index is 531. The zero-order valence-electron chi connectivity index (χ0n) is 14.3. The van der Waals surface area contributed by atoms with Crippen LogP contribution in [0.25, 0.3) is 0 Å². The van der Waals surface area contributed by atoms with Gasteiger partial charge in [0, 0.05) is 25.4 Å². The largest absolute Gasteiger partial charge is 0.396 e. The molecule has 1 heterocycles. The first-order valence-corrected chi connectivity index (χ1v) is 8.38. The smallest absolute Gasteiger partial charge is 0.321 e. The molecule has 0 spiro atoms. The van der Waals surface area contributed by atoms with Crippen molar-refractivity contribution in [3.63, 3.8) is 0 Å². The van der Waals surface area contributed by atoms with Gasteiger partial charge in [-0.15, -0.1) is 0 Å². The number of rotatable bonds is 5. The first-order valence-electron chi connectivity index (χ1n) is 8.38. The first-order chi connectivity index (χ1) is 11.0. The van der Waals surface area contributed by atoms with Gasteiger partial charge in [-0.3, -0.25) is 0 Å². The second kappa shape index (κ2) is 8.31. The molecule has 1 aromatic rings. The number of nitrogens with zero attached hydrogens (tertiary/aromatic N) is 1. The molecule has 2 amide bonds. The molecule has 128 valence electrons. The minimum absolute atomic E-state index is 0.0897. The lowest BCUT2D eigenvalue weighted by Crippen LogP contribution is -2.43. The lowest BCUT2D eigenvalue weighted by molar-refractivity contribution is 0.0654. The first kappa shape index (κ1) is 17.8. The summed E-state index contributed by atoms with van der Waals surface area (Å²) in [4.78, 5) is 14.3. The molecule has 2 N–H and O–H groups in total. The van der Waals surface area contributed by atoms with Gasteiger partial charge in [-0.05, 0) is 56.7 Å². The van der Waals surface area contributed by atoms with Crippen LogP contribution in [-0.4, -0.2) is 41.8 Å². The number of nitrogens with one attached hydrogen (secondary N) is 1. The van der Waals surface area contributed by atoms with Crippen molar-refractivity contribution in [2.24, 2.45) is 5.92 Å². The van der Waals surface area contributed by atoms with Gasteiger partial charge in [0.1, 0.15) is 0 Å².